The Morgan fingerprint density at radius 1 is 0.958 bits per heavy atom. The Bertz CT molecular complexity index is 684. The summed E-state index contributed by atoms with van der Waals surface area (Å²) in [6.45, 7) is 2.15. The topological polar surface area (TPSA) is 18.5 Å². The zero-order valence-corrected chi connectivity index (χ0v) is 13.4. The molecule has 0 aliphatic heterocycles. The van der Waals surface area contributed by atoms with Crippen LogP contribution in [0.1, 0.15) is 24.5 Å². The van der Waals surface area contributed by atoms with Crippen molar-refractivity contribution < 1.29 is 27.0 Å². The highest BCUT2D eigenvalue weighted by molar-refractivity contribution is 5.30. The van der Waals surface area contributed by atoms with Gasteiger partial charge in [0.2, 0.25) is 5.82 Å². The largest absolute Gasteiger partial charge is 0.480 e. The molecule has 2 aromatic carbocycles. The summed E-state index contributed by atoms with van der Waals surface area (Å²) in [4.78, 5) is 0. The molecule has 0 amide bonds. The van der Waals surface area contributed by atoms with Gasteiger partial charge in [-0.1, -0.05) is 31.5 Å². The third kappa shape index (κ3) is 4.63. The van der Waals surface area contributed by atoms with Crippen molar-refractivity contribution in [2.75, 3.05) is 6.61 Å². The molecule has 2 aromatic rings. The van der Waals surface area contributed by atoms with Crippen LogP contribution in [-0.2, 0) is 6.42 Å². The minimum atomic E-state index is -3.68. The SMILES string of the molecule is CCCc1ccc(OC(F)(F)COc2ccc(C)c(F)c2F)cc1. The van der Waals surface area contributed by atoms with Gasteiger partial charge in [-0.3, -0.25) is 0 Å². The van der Waals surface area contributed by atoms with E-state index in [-0.39, 0.29) is 11.3 Å². The predicted molar refractivity (Wildman–Crippen MR) is 82.6 cm³/mol. The van der Waals surface area contributed by atoms with Gasteiger partial charge in [-0.2, -0.15) is 13.2 Å². The van der Waals surface area contributed by atoms with Crippen molar-refractivity contribution in [3.63, 3.8) is 0 Å². The Labute approximate surface area is 138 Å². The van der Waals surface area contributed by atoms with Crippen LogP contribution in [-0.4, -0.2) is 12.7 Å². The number of hydrogen-bond donors (Lipinski definition) is 0. The molecular weight excluding hydrogens is 324 g/mol. The van der Waals surface area contributed by atoms with E-state index in [2.05, 4.69) is 9.47 Å². The molecule has 0 bridgehead atoms. The molecule has 0 N–H and O–H groups in total. The first-order valence-corrected chi connectivity index (χ1v) is 7.55. The summed E-state index contributed by atoms with van der Waals surface area (Å²) < 4.78 is 63.8. The second kappa shape index (κ2) is 7.55. The first-order chi connectivity index (χ1) is 11.3. The van der Waals surface area contributed by atoms with Crippen molar-refractivity contribution >= 4 is 0 Å². The van der Waals surface area contributed by atoms with E-state index in [1.54, 1.807) is 12.1 Å². The van der Waals surface area contributed by atoms with Crippen molar-refractivity contribution in [1.29, 1.82) is 0 Å². The molecule has 0 radical (unpaired) electrons. The van der Waals surface area contributed by atoms with E-state index in [4.69, 9.17) is 0 Å². The molecule has 24 heavy (non-hydrogen) atoms. The van der Waals surface area contributed by atoms with Crippen molar-refractivity contribution in [3.05, 3.63) is 59.2 Å². The Morgan fingerprint density at radius 3 is 2.25 bits per heavy atom. The lowest BCUT2D eigenvalue weighted by atomic mass is 10.1. The van der Waals surface area contributed by atoms with Gasteiger partial charge < -0.3 is 9.47 Å². The van der Waals surface area contributed by atoms with Crippen LogP contribution in [0.3, 0.4) is 0 Å². The highest BCUT2D eigenvalue weighted by Gasteiger charge is 2.33. The van der Waals surface area contributed by atoms with Crippen LogP contribution in [0.2, 0.25) is 0 Å². The van der Waals surface area contributed by atoms with E-state index in [9.17, 15) is 17.6 Å². The fourth-order valence-electron chi connectivity index (χ4n) is 2.12. The fraction of sp³-hybridized carbons (Fsp3) is 0.333. The van der Waals surface area contributed by atoms with E-state index in [1.807, 2.05) is 6.92 Å². The molecule has 0 fully saturated rings. The summed E-state index contributed by atoms with van der Waals surface area (Å²) in [6, 6.07) is 8.62. The van der Waals surface area contributed by atoms with E-state index >= 15 is 0 Å². The van der Waals surface area contributed by atoms with E-state index in [0.29, 0.717) is 0 Å². The molecule has 0 aliphatic rings. The zero-order chi connectivity index (χ0) is 17.7. The molecule has 0 atom stereocenters. The lowest BCUT2D eigenvalue weighted by Crippen LogP contribution is -2.32. The second-order valence-electron chi connectivity index (χ2n) is 5.43. The molecular formula is C18H18F4O2. The Hall–Kier alpha value is -2.24. The van der Waals surface area contributed by atoms with E-state index in [1.165, 1.54) is 25.1 Å². The number of halogens is 4. The van der Waals surface area contributed by atoms with Crippen LogP contribution in [0.15, 0.2) is 36.4 Å². The number of aryl methyl sites for hydroxylation is 2. The summed E-state index contributed by atoms with van der Waals surface area (Å²) in [5.74, 6) is -3.03. The van der Waals surface area contributed by atoms with E-state index in [0.717, 1.165) is 24.5 Å². The van der Waals surface area contributed by atoms with Crippen molar-refractivity contribution in [1.82, 2.24) is 0 Å². The first-order valence-electron chi connectivity index (χ1n) is 7.55. The Kier molecular flexibility index (Phi) is 5.70. The molecule has 0 spiro atoms. The summed E-state index contributed by atoms with van der Waals surface area (Å²) in [7, 11) is 0. The zero-order valence-electron chi connectivity index (χ0n) is 13.4. The highest BCUT2D eigenvalue weighted by atomic mass is 19.3. The maximum absolute atomic E-state index is 13.8. The van der Waals surface area contributed by atoms with Gasteiger partial charge in [0, 0.05) is 0 Å². The molecule has 130 valence electrons. The van der Waals surface area contributed by atoms with Crippen molar-refractivity contribution in [3.8, 4) is 11.5 Å². The van der Waals surface area contributed by atoms with Crippen LogP contribution in [0.4, 0.5) is 17.6 Å². The molecule has 0 heterocycles. The minimum Gasteiger partial charge on any atom is -0.480 e. The third-order valence-electron chi connectivity index (χ3n) is 3.36. The summed E-state index contributed by atoms with van der Waals surface area (Å²) >= 11 is 0. The van der Waals surface area contributed by atoms with Gasteiger partial charge in [-0.25, -0.2) is 4.39 Å². The first kappa shape index (κ1) is 18.1. The van der Waals surface area contributed by atoms with Gasteiger partial charge in [-0.05, 0) is 42.7 Å². The highest BCUT2D eigenvalue weighted by Crippen LogP contribution is 2.26. The van der Waals surface area contributed by atoms with Crippen LogP contribution < -0.4 is 9.47 Å². The normalized spacial score (nSPS) is 11.4. The molecule has 0 aromatic heterocycles. The maximum Gasteiger partial charge on any atom is 0.432 e. The number of ether oxygens (including phenoxy) is 2. The number of benzene rings is 2. The van der Waals surface area contributed by atoms with Crippen LogP contribution >= 0.6 is 0 Å². The van der Waals surface area contributed by atoms with E-state index < -0.39 is 30.1 Å². The lowest BCUT2D eigenvalue weighted by Gasteiger charge is -2.19. The monoisotopic (exact) mass is 342 g/mol. The lowest BCUT2D eigenvalue weighted by molar-refractivity contribution is -0.195. The number of alkyl halides is 2. The molecule has 0 unspecified atom stereocenters. The Balaban J connectivity index is 1.99. The van der Waals surface area contributed by atoms with Crippen LogP contribution in [0.25, 0.3) is 0 Å². The van der Waals surface area contributed by atoms with Gasteiger partial charge in [0.15, 0.2) is 18.2 Å². The minimum absolute atomic E-state index is 0.0287. The van der Waals surface area contributed by atoms with Gasteiger partial charge in [0.05, 0.1) is 0 Å². The molecule has 2 nitrogen and oxygen atoms in total. The van der Waals surface area contributed by atoms with Gasteiger partial charge in [-0.15, -0.1) is 0 Å². The predicted octanol–water partition coefficient (Wildman–Crippen LogP) is 5.28. The van der Waals surface area contributed by atoms with Gasteiger partial charge in [0.1, 0.15) is 5.75 Å². The van der Waals surface area contributed by atoms with Gasteiger partial charge >= 0.3 is 6.11 Å². The quantitative estimate of drug-likeness (QED) is 0.638. The summed E-state index contributed by atoms with van der Waals surface area (Å²) in [5, 5.41) is 0. The molecule has 6 heteroatoms. The standard InChI is InChI=1S/C18H18F4O2/c1-3-4-13-6-8-14(9-7-13)24-18(21,22)11-23-15-10-5-12(2)16(19)17(15)20/h5-10H,3-4,11H2,1-2H3. The summed E-state index contributed by atoms with van der Waals surface area (Å²) in [6.07, 6.45) is -1.89. The van der Waals surface area contributed by atoms with Crippen molar-refractivity contribution in [2.45, 2.75) is 32.8 Å². The fourth-order valence-corrected chi connectivity index (χ4v) is 2.12. The molecule has 0 saturated heterocycles. The average molecular weight is 342 g/mol. The second-order valence-corrected chi connectivity index (χ2v) is 5.43. The summed E-state index contributed by atoms with van der Waals surface area (Å²) in [5.41, 5.74) is 1.08. The smallest absolute Gasteiger partial charge is 0.432 e. The maximum atomic E-state index is 13.8. The third-order valence-corrected chi connectivity index (χ3v) is 3.36. The number of rotatable bonds is 7. The van der Waals surface area contributed by atoms with Crippen LogP contribution in [0.5, 0.6) is 11.5 Å². The van der Waals surface area contributed by atoms with Crippen molar-refractivity contribution in [2.24, 2.45) is 0 Å². The van der Waals surface area contributed by atoms with Crippen LogP contribution in [0, 0.1) is 18.6 Å². The molecule has 0 aliphatic carbocycles. The van der Waals surface area contributed by atoms with Gasteiger partial charge in [0.25, 0.3) is 0 Å². The molecule has 0 saturated carbocycles. The average Bonchev–Trinajstić information content (AvgIpc) is 2.54. The Morgan fingerprint density at radius 2 is 1.62 bits per heavy atom. The number of hydrogen-bond acceptors (Lipinski definition) is 2. The molecule has 2 rings (SSSR count).